The van der Waals surface area contributed by atoms with Crippen LogP contribution >= 0.6 is 15.9 Å². The molecule has 1 amide bonds. The molecule has 0 saturated heterocycles. The summed E-state index contributed by atoms with van der Waals surface area (Å²) < 4.78 is 3.71. The van der Waals surface area contributed by atoms with E-state index in [2.05, 4.69) is 41.9 Å². The number of nitrogens with zero attached hydrogens (tertiary/aromatic N) is 5. The van der Waals surface area contributed by atoms with Crippen LogP contribution in [0.15, 0.2) is 45.7 Å². The van der Waals surface area contributed by atoms with E-state index in [0.29, 0.717) is 21.4 Å². The maximum absolute atomic E-state index is 12.9. The van der Waals surface area contributed by atoms with Crippen LogP contribution in [-0.2, 0) is 14.1 Å². The lowest BCUT2D eigenvalue weighted by Crippen LogP contribution is -2.27. The van der Waals surface area contributed by atoms with Gasteiger partial charge in [0.15, 0.2) is 0 Å². The number of nitrogens with one attached hydrogen (secondary N) is 2. The van der Waals surface area contributed by atoms with Crippen LogP contribution in [0.4, 0.5) is 0 Å². The molecule has 29 heavy (non-hydrogen) atoms. The molecule has 1 atom stereocenters. The summed E-state index contributed by atoms with van der Waals surface area (Å²) in [7, 11) is 3.39. The van der Waals surface area contributed by atoms with Gasteiger partial charge in [-0.05, 0) is 45.8 Å². The van der Waals surface area contributed by atoms with Gasteiger partial charge in [-0.15, -0.1) is 10.2 Å². The molecular formula is C19H18BrN7O2. The monoisotopic (exact) mass is 455 g/mol. The molecule has 0 aliphatic heterocycles. The van der Waals surface area contributed by atoms with Crippen LogP contribution in [0.3, 0.4) is 0 Å². The molecule has 2 aromatic carbocycles. The van der Waals surface area contributed by atoms with Crippen molar-refractivity contribution in [3.8, 4) is 11.4 Å². The molecule has 4 aromatic rings. The van der Waals surface area contributed by atoms with Gasteiger partial charge in [0.05, 0.1) is 22.6 Å². The topological polar surface area (TPSA) is 110 Å². The highest BCUT2D eigenvalue weighted by atomic mass is 79.9. The average Bonchev–Trinajstić information content (AvgIpc) is 3.32. The van der Waals surface area contributed by atoms with Gasteiger partial charge in [-0.3, -0.25) is 13.9 Å². The van der Waals surface area contributed by atoms with Crippen molar-refractivity contribution in [2.75, 3.05) is 0 Å². The molecule has 0 aliphatic rings. The standard InChI is InChI=1S/C19H18BrN7O2/c1-10(11-4-6-12(7-5-11)17-22-24-25-23-17)21-18(28)13-8-15-16(9-14(13)20)27(3)19(29)26(15)2/h4-10H,1-3H3,(H,21,28)(H,22,23,24,25). The van der Waals surface area contributed by atoms with E-state index >= 15 is 0 Å². The van der Waals surface area contributed by atoms with Gasteiger partial charge < -0.3 is 5.32 Å². The van der Waals surface area contributed by atoms with E-state index in [9.17, 15) is 9.59 Å². The SMILES string of the molecule is CC(NC(=O)c1cc2c(cc1Br)n(C)c(=O)n2C)c1ccc(-c2nn[nH]n2)cc1. The number of fused-ring (bicyclic) bond motifs is 1. The summed E-state index contributed by atoms with van der Waals surface area (Å²) in [6, 6.07) is 10.9. The van der Waals surface area contributed by atoms with E-state index in [1.807, 2.05) is 31.2 Å². The molecule has 4 rings (SSSR count). The molecule has 2 heterocycles. The summed E-state index contributed by atoms with van der Waals surface area (Å²) >= 11 is 3.46. The lowest BCUT2D eigenvalue weighted by molar-refractivity contribution is 0.0939. The van der Waals surface area contributed by atoms with Crippen LogP contribution in [0.2, 0.25) is 0 Å². The Morgan fingerprint density at radius 3 is 2.41 bits per heavy atom. The van der Waals surface area contributed by atoms with E-state index in [-0.39, 0.29) is 17.6 Å². The summed E-state index contributed by atoms with van der Waals surface area (Å²) in [6.45, 7) is 1.91. The van der Waals surface area contributed by atoms with Gasteiger partial charge in [-0.2, -0.15) is 5.21 Å². The van der Waals surface area contributed by atoms with Crippen LogP contribution < -0.4 is 11.0 Å². The number of carbonyl (C=O) groups excluding carboxylic acids is 1. The highest BCUT2D eigenvalue weighted by Crippen LogP contribution is 2.25. The zero-order chi connectivity index (χ0) is 20.7. The molecule has 0 aliphatic carbocycles. The van der Waals surface area contributed by atoms with Gasteiger partial charge >= 0.3 is 5.69 Å². The Balaban J connectivity index is 1.58. The molecule has 0 fully saturated rings. The molecular weight excluding hydrogens is 438 g/mol. The fourth-order valence-electron chi connectivity index (χ4n) is 3.26. The molecule has 0 bridgehead atoms. The van der Waals surface area contributed by atoms with E-state index < -0.39 is 0 Å². The van der Waals surface area contributed by atoms with E-state index in [0.717, 1.165) is 16.6 Å². The second-order valence-electron chi connectivity index (χ2n) is 6.77. The zero-order valence-electron chi connectivity index (χ0n) is 16.0. The van der Waals surface area contributed by atoms with Gasteiger partial charge in [0, 0.05) is 24.1 Å². The van der Waals surface area contributed by atoms with Crippen molar-refractivity contribution >= 4 is 32.9 Å². The largest absolute Gasteiger partial charge is 0.345 e. The van der Waals surface area contributed by atoms with Gasteiger partial charge in [0.1, 0.15) is 0 Å². The fraction of sp³-hybridized carbons (Fsp3) is 0.211. The number of H-pyrrole nitrogens is 1. The van der Waals surface area contributed by atoms with Crippen molar-refractivity contribution in [1.82, 2.24) is 35.1 Å². The maximum atomic E-state index is 12.9. The first-order chi connectivity index (χ1) is 13.9. The number of imidazole rings is 1. The van der Waals surface area contributed by atoms with Crippen LogP contribution in [-0.4, -0.2) is 35.7 Å². The number of aromatic nitrogens is 6. The summed E-state index contributed by atoms with van der Waals surface area (Å²) in [5, 5.41) is 16.9. The summed E-state index contributed by atoms with van der Waals surface area (Å²) in [5.74, 6) is 0.281. The van der Waals surface area contributed by atoms with Crippen LogP contribution in [0, 0.1) is 0 Å². The maximum Gasteiger partial charge on any atom is 0.328 e. The number of rotatable bonds is 4. The number of carbonyl (C=O) groups is 1. The molecule has 2 N–H and O–H groups in total. The Morgan fingerprint density at radius 1 is 1.14 bits per heavy atom. The zero-order valence-corrected chi connectivity index (χ0v) is 17.6. The average molecular weight is 456 g/mol. The molecule has 0 spiro atoms. The number of hydrogen-bond donors (Lipinski definition) is 2. The molecule has 9 nitrogen and oxygen atoms in total. The number of amides is 1. The van der Waals surface area contributed by atoms with Crippen LogP contribution in [0.25, 0.3) is 22.4 Å². The van der Waals surface area contributed by atoms with Crippen LogP contribution in [0.1, 0.15) is 28.9 Å². The minimum atomic E-state index is -0.232. The minimum absolute atomic E-state index is 0.139. The fourth-order valence-corrected chi connectivity index (χ4v) is 3.77. The molecule has 148 valence electrons. The van der Waals surface area contributed by atoms with E-state index in [1.165, 1.54) is 4.57 Å². The number of aromatic amines is 1. The van der Waals surface area contributed by atoms with Gasteiger partial charge in [-0.25, -0.2) is 4.79 Å². The van der Waals surface area contributed by atoms with Crippen molar-refractivity contribution < 1.29 is 4.79 Å². The molecule has 0 saturated carbocycles. The predicted molar refractivity (Wildman–Crippen MR) is 111 cm³/mol. The lowest BCUT2D eigenvalue weighted by Gasteiger charge is -2.15. The van der Waals surface area contributed by atoms with Gasteiger partial charge in [-0.1, -0.05) is 24.3 Å². The Morgan fingerprint density at radius 2 is 1.79 bits per heavy atom. The summed E-state index contributed by atoms with van der Waals surface area (Å²) in [6.07, 6.45) is 0. The second-order valence-corrected chi connectivity index (χ2v) is 7.63. The van der Waals surface area contributed by atoms with Crippen LogP contribution in [0.5, 0.6) is 0 Å². The number of halogens is 1. The number of benzene rings is 2. The number of hydrogen-bond acceptors (Lipinski definition) is 5. The van der Waals surface area contributed by atoms with Gasteiger partial charge in [0.2, 0.25) is 5.82 Å². The van der Waals surface area contributed by atoms with Gasteiger partial charge in [0.25, 0.3) is 5.91 Å². The molecule has 2 aromatic heterocycles. The normalized spacial score (nSPS) is 12.3. The highest BCUT2D eigenvalue weighted by Gasteiger charge is 2.18. The number of aryl methyl sites for hydroxylation is 2. The van der Waals surface area contributed by atoms with Crippen molar-refractivity contribution in [3.63, 3.8) is 0 Å². The smallest absolute Gasteiger partial charge is 0.328 e. The Labute approximate surface area is 173 Å². The quantitative estimate of drug-likeness (QED) is 0.490. The highest BCUT2D eigenvalue weighted by molar-refractivity contribution is 9.10. The molecule has 0 radical (unpaired) electrons. The van der Waals surface area contributed by atoms with Crippen molar-refractivity contribution in [2.24, 2.45) is 14.1 Å². The Hall–Kier alpha value is -3.27. The van der Waals surface area contributed by atoms with Crippen molar-refractivity contribution in [2.45, 2.75) is 13.0 Å². The minimum Gasteiger partial charge on any atom is -0.345 e. The second kappa shape index (κ2) is 7.28. The predicted octanol–water partition coefficient (Wildman–Crippen LogP) is 2.31. The summed E-state index contributed by atoms with van der Waals surface area (Å²) in [5.41, 5.74) is 3.55. The summed E-state index contributed by atoms with van der Waals surface area (Å²) in [4.78, 5) is 25.0. The van der Waals surface area contributed by atoms with E-state index in [1.54, 1.807) is 30.8 Å². The third kappa shape index (κ3) is 3.35. The Kier molecular flexibility index (Phi) is 4.79. The van der Waals surface area contributed by atoms with Crippen molar-refractivity contribution in [3.05, 3.63) is 62.5 Å². The van der Waals surface area contributed by atoms with Crippen molar-refractivity contribution in [1.29, 1.82) is 0 Å². The first kappa shape index (κ1) is 19.1. The first-order valence-electron chi connectivity index (χ1n) is 8.86. The third-order valence-corrected chi connectivity index (χ3v) is 5.62. The first-order valence-corrected chi connectivity index (χ1v) is 9.65. The lowest BCUT2D eigenvalue weighted by atomic mass is 10.1. The number of tetrazole rings is 1. The Bertz CT molecular complexity index is 1260. The molecule has 10 heteroatoms. The third-order valence-electron chi connectivity index (χ3n) is 4.97. The molecule has 1 unspecified atom stereocenters. The van der Waals surface area contributed by atoms with E-state index in [4.69, 9.17) is 0 Å².